The summed E-state index contributed by atoms with van der Waals surface area (Å²) in [6.07, 6.45) is 1.49. The summed E-state index contributed by atoms with van der Waals surface area (Å²) in [7, 11) is 3.21. The molecule has 0 unspecified atom stereocenters. The van der Waals surface area contributed by atoms with Gasteiger partial charge < -0.3 is 15.2 Å². The van der Waals surface area contributed by atoms with Crippen LogP contribution in [0, 0.1) is 0 Å². The van der Waals surface area contributed by atoms with E-state index in [1.54, 1.807) is 26.5 Å². The van der Waals surface area contributed by atoms with E-state index in [2.05, 4.69) is 9.97 Å². The molecule has 5 nitrogen and oxygen atoms in total. The number of methoxy groups -OCH3 is 2. The fourth-order valence-electron chi connectivity index (χ4n) is 1.74. The van der Waals surface area contributed by atoms with Gasteiger partial charge in [-0.2, -0.15) is 0 Å². The van der Waals surface area contributed by atoms with Gasteiger partial charge in [0.15, 0.2) is 0 Å². The third kappa shape index (κ3) is 2.01. The number of anilines is 1. The van der Waals surface area contributed by atoms with Crippen molar-refractivity contribution in [1.82, 2.24) is 9.97 Å². The summed E-state index contributed by atoms with van der Waals surface area (Å²) in [5.74, 6) is 0.537. The molecule has 2 heterocycles. The maximum Gasteiger partial charge on any atom is 0.213 e. The molecule has 0 radical (unpaired) electrons. The number of nitrogen functional groups attached to an aromatic ring is 1. The summed E-state index contributed by atoms with van der Waals surface area (Å²) in [5.41, 5.74) is 8.85. The van der Waals surface area contributed by atoms with Gasteiger partial charge in [-0.25, -0.2) is 4.98 Å². The van der Waals surface area contributed by atoms with Crippen LogP contribution in [-0.2, 0) is 4.74 Å². The number of ether oxygens (including phenoxy) is 2. The highest BCUT2D eigenvalue weighted by atomic mass is 16.5. The molecule has 2 N–H and O–H groups in total. The molecule has 0 fully saturated rings. The highest BCUT2D eigenvalue weighted by Crippen LogP contribution is 2.29. The van der Waals surface area contributed by atoms with E-state index in [0.29, 0.717) is 11.6 Å². The van der Waals surface area contributed by atoms with Gasteiger partial charge in [0.1, 0.15) is 5.52 Å². The normalized spacial score (nSPS) is 12.6. The summed E-state index contributed by atoms with van der Waals surface area (Å²) < 4.78 is 10.4. The minimum atomic E-state index is -0.139. The van der Waals surface area contributed by atoms with Crippen molar-refractivity contribution >= 4 is 16.7 Å². The van der Waals surface area contributed by atoms with Gasteiger partial charge in [0, 0.05) is 18.7 Å². The lowest BCUT2D eigenvalue weighted by atomic mass is 10.1. The van der Waals surface area contributed by atoms with E-state index in [4.69, 9.17) is 15.2 Å². The van der Waals surface area contributed by atoms with Crippen molar-refractivity contribution in [3.05, 3.63) is 23.9 Å². The van der Waals surface area contributed by atoms with Gasteiger partial charge in [0.2, 0.25) is 5.88 Å². The molecule has 0 saturated carbocycles. The molecule has 0 aromatic carbocycles. The van der Waals surface area contributed by atoms with E-state index in [-0.39, 0.29) is 6.10 Å². The summed E-state index contributed by atoms with van der Waals surface area (Å²) in [6.45, 7) is 1.92. The van der Waals surface area contributed by atoms with E-state index >= 15 is 0 Å². The molecule has 2 aromatic heterocycles. The standard InChI is InChI=1S/C12H15N3O2/c1-7(16-2)11-8(13)6-14-9-4-5-10(17-3)15-12(9)11/h4-7H,13H2,1-3H3/t7-/m1/s1. The maximum atomic E-state index is 5.93. The number of rotatable bonds is 3. The van der Waals surface area contributed by atoms with Crippen LogP contribution in [0.5, 0.6) is 5.88 Å². The van der Waals surface area contributed by atoms with E-state index in [1.807, 2.05) is 13.0 Å². The summed E-state index contributed by atoms with van der Waals surface area (Å²) in [5, 5.41) is 0. The van der Waals surface area contributed by atoms with Crippen molar-refractivity contribution in [2.24, 2.45) is 0 Å². The van der Waals surface area contributed by atoms with E-state index in [1.165, 1.54) is 0 Å². The lowest BCUT2D eigenvalue weighted by Crippen LogP contribution is -2.05. The first-order valence-corrected chi connectivity index (χ1v) is 5.29. The lowest BCUT2D eigenvalue weighted by molar-refractivity contribution is 0.121. The molecule has 90 valence electrons. The van der Waals surface area contributed by atoms with Crippen LogP contribution < -0.4 is 10.5 Å². The molecule has 5 heteroatoms. The highest BCUT2D eigenvalue weighted by molar-refractivity contribution is 5.83. The van der Waals surface area contributed by atoms with Crippen LogP contribution in [0.15, 0.2) is 18.3 Å². The Morgan fingerprint density at radius 3 is 2.71 bits per heavy atom. The summed E-state index contributed by atoms with van der Waals surface area (Å²) in [4.78, 5) is 8.61. The summed E-state index contributed by atoms with van der Waals surface area (Å²) >= 11 is 0. The largest absolute Gasteiger partial charge is 0.481 e. The number of aromatic nitrogens is 2. The Morgan fingerprint density at radius 2 is 2.06 bits per heavy atom. The SMILES string of the molecule is COc1ccc2ncc(N)c([C@@H](C)OC)c2n1. The second-order valence-electron chi connectivity index (χ2n) is 3.73. The van der Waals surface area contributed by atoms with Crippen LogP contribution in [0.25, 0.3) is 11.0 Å². The van der Waals surface area contributed by atoms with E-state index < -0.39 is 0 Å². The first-order valence-electron chi connectivity index (χ1n) is 5.29. The Balaban J connectivity index is 2.73. The first-order chi connectivity index (χ1) is 8.17. The zero-order valence-electron chi connectivity index (χ0n) is 10.1. The number of fused-ring (bicyclic) bond motifs is 1. The minimum absolute atomic E-state index is 0.139. The van der Waals surface area contributed by atoms with Crippen molar-refractivity contribution in [1.29, 1.82) is 0 Å². The molecule has 0 amide bonds. The number of hydrogen-bond donors (Lipinski definition) is 1. The smallest absolute Gasteiger partial charge is 0.213 e. The van der Waals surface area contributed by atoms with Crippen molar-refractivity contribution in [2.75, 3.05) is 20.0 Å². The highest BCUT2D eigenvalue weighted by Gasteiger charge is 2.15. The fraction of sp³-hybridized carbons (Fsp3) is 0.333. The van der Waals surface area contributed by atoms with Crippen LogP contribution in [-0.4, -0.2) is 24.2 Å². The van der Waals surface area contributed by atoms with Gasteiger partial charge >= 0.3 is 0 Å². The van der Waals surface area contributed by atoms with Crippen molar-refractivity contribution < 1.29 is 9.47 Å². The molecule has 0 aliphatic carbocycles. The molecule has 2 aromatic rings. The van der Waals surface area contributed by atoms with Gasteiger partial charge in [-0.05, 0) is 13.0 Å². The molecular weight excluding hydrogens is 218 g/mol. The second kappa shape index (κ2) is 4.55. The minimum Gasteiger partial charge on any atom is -0.481 e. The van der Waals surface area contributed by atoms with Crippen molar-refractivity contribution in [3.8, 4) is 5.88 Å². The third-order valence-electron chi connectivity index (χ3n) is 2.73. The van der Waals surface area contributed by atoms with Crippen LogP contribution in [0.1, 0.15) is 18.6 Å². The quantitative estimate of drug-likeness (QED) is 0.877. The zero-order chi connectivity index (χ0) is 12.4. The van der Waals surface area contributed by atoms with Crippen molar-refractivity contribution in [2.45, 2.75) is 13.0 Å². The van der Waals surface area contributed by atoms with Gasteiger partial charge in [-0.1, -0.05) is 0 Å². The van der Waals surface area contributed by atoms with Crippen LogP contribution >= 0.6 is 0 Å². The maximum absolute atomic E-state index is 5.93. The Labute approximate surface area is 99.6 Å². The number of pyridine rings is 2. The van der Waals surface area contributed by atoms with Gasteiger partial charge in [-0.15, -0.1) is 0 Å². The number of hydrogen-bond acceptors (Lipinski definition) is 5. The predicted molar refractivity (Wildman–Crippen MR) is 65.9 cm³/mol. The molecule has 0 spiro atoms. The van der Waals surface area contributed by atoms with Crippen molar-refractivity contribution in [3.63, 3.8) is 0 Å². The second-order valence-corrected chi connectivity index (χ2v) is 3.73. The average molecular weight is 233 g/mol. The van der Waals surface area contributed by atoms with E-state index in [9.17, 15) is 0 Å². The molecule has 1 atom stereocenters. The van der Waals surface area contributed by atoms with Crippen LogP contribution in [0.2, 0.25) is 0 Å². The fourth-order valence-corrected chi connectivity index (χ4v) is 1.74. The van der Waals surface area contributed by atoms with Gasteiger partial charge in [0.25, 0.3) is 0 Å². The first kappa shape index (κ1) is 11.6. The Morgan fingerprint density at radius 1 is 1.29 bits per heavy atom. The summed E-state index contributed by atoms with van der Waals surface area (Å²) in [6, 6.07) is 3.62. The Kier molecular flexibility index (Phi) is 3.10. The number of nitrogens with two attached hydrogens (primary N) is 1. The van der Waals surface area contributed by atoms with E-state index in [0.717, 1.165) is 16.6 Å². The lowest BCUT2D eigenvalue weighted by Gasteiger charge is -2.14. The van der Waals surface area contributed by atoms with Crippen LogP contribution in [0.3, 0.4) is 0 Å². The molecule has 0 bridgehead atoms. The van der Waals surface area contributed by atoms with Gasteiger partial charge in [-0.3, -0.25) is 4.98 Å². The van der Waals surface area contributed by atoms with Gasteiger partial charge in [0.05, 0.1) is 30.6 Å². The monoisotopic (exact) mass is 233 g/mol. The van der Waals surface area contributed by atoms with Crippen LogP contribution in [0.4, 0.5) is 5.69 Å². The Bertz CT molecular complexity index is 543. The topological polar surface area (TPSA) is 70.3 Å². The molecule has 0 aliphatic rings. The third-order valence-corrected chi connectivity index (χ3v) is 2.73. The Hall–Kier alpha value is -1.88. The number of nitrogens with zero attached hydrogens (tertiary/aromatic N) is 2. The predicted octanol–water partition coefficient (Wildman–Crippen LogP) is 1.93. The zero-order valence-corrected chi connectivity index (χ0v) is 10.1. The molecule has 0 aliphatic heterocycles. The molecule has 0 saturated heterocycles. The molecule has 17 heavy (non-hydrogen) atoms. The molecule has 2 rings (SSSR count). The average Bonchev–Trinajstić information content (AvgIpc) is 2.37. The molecular formula is C12H15N3O2.